The number of nitrogen functional groups attached to an aromatic ring is 1. The van der Waals surface area contributed by atoms with Gasteiger partial charge < -0.3 is 5.73 Å². The molecule has 0 radical (unpaired) electrons. The second-order valence-corrected chi connectivity index (χ2v) is 3.80. The van der Waals surface area contributed by atoms with Crippen molar-refractivity contribution in [1.82, 2.24) is 15.2 Å². The molecule has 1 amide bonds. The molecule has 0 unspecified atom stereocenters. The molecule has 0 saturated heterocycles. The van der Waals surface area contributed by atoms with Gasteiger partial charge in [-0.15, -0.1) is 11.3 Å². The van der Waals surface area contributed by atoms with E-state index in [4.69, 9.17) is 5.73 Å². The van der Waals surface area contributed by atoms with Crippen LogP contribution in [-0.2, 0) is 0 Å². The predicted molar refractivity (Wildman–Crippen MR) is 57.8 cm³/mol. The van der Waals surface area contributed by atoms with Gasteiger partial charge >= 0.3 is 0 Å². The highest BCUT2D eigenvalue weighted by Gasteiger charge is 2.15. The molecule has 2 rings (SSSR count). The molecule has 0 atom stereocenters. The van der Waals surface area contributed by atoms with E-state index < -0.39 is 0 Å². The highest BCUT2D eigenvalue weighted by Crippen LogP contribution is 2.16. The van der Waals surface area contributed by atoms with Gasteiger partial charge in [0, 0.05) is 11.6 Å². The number of rotatable bonds is 2. The number of nitrogens with two attached hydrogens (primary N) is 1. The van der Waals surface area contributed by atoms with Crippen molar-refractivity contribution in [3.63, 3.8) is 0 Å². The summed E-state index contributed by atoms with van der Waals surface area (Å²) in [5.41, 5.74) is 6.90. The van der Waals surface area contributed by atoms with Crippen molar-refractivity contribution in [3.8, 4) is 0 Å². The fourth-order valence-electron chi connectivity index (χ4n) is 1.05. The molecule has 0 fully saturated rings. The van der Waals surface area contributed by atoms with E-state index in [1.165, 1.54) is 11.3 Å². The summed E-state index contributed by atoms with van der Waals surface area (Å²) in [6.07, 6.45) is 1.61. The van der Waals surface area contributed by atoms with Gasteiger partial charge in [0.05, 0.1) is 11.4 Å². The van der Waals surface area contributed by atoms with Gasteiger partial charge in [-0.3, -0.25) is 15.2 Å². The molecule has 0 aliphatic heterocycles. The number of carbonyl (C=O) groups excluding carboxylic acids is 1. The number of carbonyl (C=O) groups is 1. The first kappa shape index (κ1) is 9.66. The second kappa shape index (κ2) is 3.70. The van der Waals surface area contributed by atoms with E-state index in [-0.39, 0.29) is 11.6 Å². The quantitative estimate of drug-likeness (QED) is 0.707. The molecule has 2 aromatic rings. The number of amides is 1. The summed E-state index contributed by atoms with van der Waals surface area (Å²) < 4.78 is 0. The van der Waals surface area contributed by atoms with Gasteiger partial charge in [-0.05, 0) is 6.92 Å². The fourth-order valence-corrected chi connectivity index (χ4v) is 1.58. The Morgan fingerprint density at radius 3 is 3.00 bits per heavy atom. The molecule has 0 saturated carbocycles. The highest BCUT2D eigenvalue weighted by molar-refractivity contribution is 7.13. The zero-order valence-electron chi connectivity index (χ0n) is 7.94. The lowest BCUT2D eigenvalue weighted by Gasteiger charge is -1.98. The number of aromatic nitrogens is 3. The summed E-state index contributed by atoms with van der Waals surface area (Å²) in [5, 5.41) is 11.4. The Hall–Kier alpha value is -1.89. The van der Waals surface area contributed by atoms with Crippen molar-refractivity contribution in [2.24, 2.45) is 0 Å². The van der Waals surface area contributed by atoms with Gasteiger partial charge in [-0.25, -0.2) is 4.98 Å². The number of hydrogen-bond acceptors (Lipinski definition) is 5. The molecule has 2 heterocycles. The summed E-state index contributed by atoms with van der Waals surface area (Å²) in [7, 11) is 0. The van der Waals surface area contributed by atoms with Gasteiger partial charge in [0.25, 0.3) is 5.91 Å². The van der Waals surface area contributed by atoms with Crippen LogP contribution in [0.2, 0.25) is 0 Å². The van der Waals surface area contributed by atoms with E-state index in [0.717, 1.165) is 0 Å². The molecule has 0 aliphatic rings. The lowest BCUT2D eigenvalue weighted by molar-refractivity contribution is 0.102. The molecule has 0 spiro atoms. The van der Waals surface area contributed by atoms with Crippen LogP contribution in [0.3, 0.4) is 0 Å². The van der Waals surface area contributed by atoms with Crippen LogP contribution in [0.1, 0.15) is 16.2 Å². The zero-order chi connectivity index (χ0) is 10.8. The monoisotopic (exact) mass is 223 g/mol. The number of anilines is 2. The minimum absolute atomic E-state index is 0.197. The van der Waals surface area contributed by atoms with Crippen LogP contribution in [0, 0.1) is 6.92 Å². The van der Waals surface area contributed by atoms with E-state index in [1.54, 1.807) is 18.5 Å². The number of aryl methyl sites for hydroxylation is 1. The number of hydrogen-bond donors (Lipinski definition) is 3. The largest absolute Gasteiger partial charge is 0.395 e. The van der Waals surface area contributed by atoms with Crippen LogP contribution in [0.4, 0.5) is 10.8 Å². The average molecular weight is 223 g/mol. The van der Waals surface area contributed by atoms with Gasteiger partial charge in [-0.2, -0.15) is 5.10 Å². The van der Waals surface area contributed by atoms with Crippen molar-refractivity contribution in [2.45, 2.75) is 6.92 Å². The second-order valence-electron chi connectivity index (χ2n) is 2.90. The Morgan fingerprint density at radius 2 is 2.47 bits per heavy atom. The summed E-state index contributed by atoms with van der Waals surface area (Å²) >= 11 is 1.34. The predicted octanol–water partition coefficient (Wildman–Crippen LogP) is 1.01. The summed E-state index contributed by atoms with van der Waals surface area (Å²) in [6.45, 7) is 1.75. The average Bonchev–Trinajstić information content (AvgIpc) is 2.79. The van der Waals surface area contributed by atoms with E-state index in [0.29, 0.717) is 16.5 Å². The number of nitrogens with zero attached hydrogens (tertiary/aromatic N) is 2. The molecule has 0 aromatic carbocycles. The van der Waals surface area contributed by atoms with Crippen molar-refractivity contribution in [1.29, 1.82) is 0 Å². The van der Waals surface area contributed by atoms with Crippen LogP contribution >= 0.6 is 11.3 Å². The molecule has 7 heteroatoms. The van der Waals surface area contributed by atoms with Gasteiger partial charge in [-0.1, -0.05) is 0 Å². The summed E-state index contributed by atoms with van der Waals surface area (Å²) in [4.78, 5) is 15.6. The summed E-state index contributed by atoms with van der Waals surface area (Å²) in [5.74, 6) is -0.355. The Bertz CT molecular complexity index is 475. The standard InChI is InChI=1S/C8H9N5OS/c1-4-5(9)6(13-12-4)7(14)11-8-10-2-3-15-8/h2-3H,9H2,1H3,(H,12,13)(H,10,11,14). The maximum Gasteiger partial charge on any atom is 0.280 e. The van der Waals surface area contributed by atoms with Crippen LogP contribution in [-0.4, -0.2) is 21.1 Å². The molecule has 0 bridgehead atoms. The lowest BCUT2D eigenvalue weighted by Crippen LogP contribution is -2.14. The first-order valence-corrected chi connectivity index (χ1v) is 5.07. The molecular formula is C8H9N5OS. The zero-order valence-corrected chi connectivity index (χ0v) is 8.76. The number of aromatic amines is 1. The third kappa shape index (κ3) is 1.82. The minimum atomic E-state index is -0.355. The van der Waals surface area contributed by atoms with E-state index in [2.05, 4.69) is 20.5 Å². The Morgan fingerprint density at radius 1 is 1.67 bits per heavy atom. The normalized spacial score (nSPS) is 10.2. The van der Waals surface area contributed by atoms with E-state index in [1.807, 2.05) is 0 Å². The Balaban J connectivity index is 2.19. The first-order chi connectivity index (χ1) is 7.18. The minimum Gasteiger partial charge on any atom is -0.395 e. The van der Waals surface area contributed by atoms with Gasteiger partial charge in [0.2, 0.25) is 0 Å². The van der Waals surface area contributed by atoms with Crippen LogP contribution in [0.5, 0.6) is 0 Å². The Kier molecular flexibility index (Phi) is 2.38. The smallest absolute Gasteiger partial charge is 0.280 e. The van der Waals surface area contributed by atoms with Crippen LogP contribution in [0.25, 0.3) is 0 Å². The SMILES string of the molecule is Cc1[nH]nc(C(=O)Nc2nccs2)c1N. The molecule has 4 N–H and O–H groups in total. The molecule has 78 valence electrons. The molecule has 2 aromatic heterocycles. The first-order valence-electron chi connectivity index (χ1n) is 4.19. The molecule has 6 nitrogen and oxygen atoms in total. The third-order valence-electron chi connectivity index (χ3n) is 1.86. The van der Waals surface area contributed by atoms with E-state index in [9.17, 15) is 4.79 Å². The van der Waals surface area contributed by atoms with Crippen molar-refractivity contribution >= 4 is 28.1 Å². The third-order valence-corrected chi connectivity index (χ3v) is 2.55. The maximum atomic E-state index is 11.6. The topological polar surface area (TPSA) is 96.7 Å². The molecule has 0 aliphatic carbocycles. The van der Waals surface area contributed by atoms with E-state index >= 15 is 0 Å². The lowest BCUT2D eigenvalue weighted by atomic mass is 10.3. The number of H-pyrrole nitrogens is 1. The molecule has 15 heavy (non-hydrogen) atoms. The highest BCUT2D eigenvalue weighted by atomic mass is 32.1. The van der Waals surface area contributed by atoms with Crippen LogP contribution in [0.15, 0.2) is 11.6 Å². The number of nitrogens with one attached hydrogen (secondary N) is 2. The van der Waals surface area contributed by atoms with Crippen molar-refractivity contribution < 1.29 is 4.79 Å². The van der Waals surface area contributed by atoms with Crippen LogP contribution < -0.4 is 11.1 Å². The maximum absolute atomic E-state index is 11.6. The van der Waals surface area contributed by atoms with Gasteiger partial charge in [0.15, 0.2) is 10.8 Å². The summed E-state index contributed by atoms with van der Waals surface area (Å²) in [6, 6.07) is 0. The fraction of sp³-hybridized carbons (Fsp3) is 0.125. The molecular weight excluding hydrogens is 214 g/mol. The number of thiazole rings is 1. The van der Waals surface area contributed by atoms with Crippen molar-refractivity contribution in [3.05, 3.63) is 23.0 Å². The Labute approximate surface area is 89.5 Å². The van der Waals surface area contributed by atoms with Gasteiger partial charge in [0.1, 0.15) is 0 Å². The van der Waals surface area contributed by atoms with Crippen molar-refractivity contribution in [2.75, 3.05) is 11.1 Å².